The van der Waals surface area contributed by atoms with E-state index in [1.807, 2.05) is 0 Å². The van der Waals surface area contributed by atoms with Crippen LogP contribution in [-0.2, 0) is 0 Å². The molecule has 0 saturated heterocycles. The molecule has 1 N–H and O–H groups in total. The second kappa shape index (κ2) is 7.73. The summed E-state index contributed by atoms with van der Waals surface area (Å²) in [6.45, 7) is -2.85. The highest BCUT2D eigenvalue weighted by atomic mass is 79.9. The Balaban J connectivity index is 1.96. The van der Waals surface area contributed by atoms with Crippen molar-refractivity contribution in [3.8, 4) is 5.75 Å². The number of nitrogens with one attached hydrogen (secondary N) is 1. The van der Waals surface area contributed by atoms with Crippen molar-refractivity contribution >= 4 is 21.8 Å². The first-order chi connectivity index (χ1) is 10.1. The van der Waals surface area contributed by atoms with Gasteiger partial charge in [-0.1, -0.05) is 28.8 Å². The molecule has 21 heavy (non-hydrogen) atoms. The number of alkyl halides is 3. The molecule has 1 aliphatic carbocycles. The molecule has 6 heteroatoms. The van der Waals surface area contributed by atoms with Crippen LogP contribution in [0.4, 0.5) is 8.78 Å². The van der Waals surface area contributed by atoms with E-state index in [-0.39, 0.29) is 17.7 Å². The third-order valence-corrected chi connectivity index (χ3v) is 4.60. The lowest BCUT2D eigenvalue weighted by molar-refractivity contribution is -0.0498. The van der Waals surface area contributed by atoms with Gasteiger partial charge in [-0.2, -0.15) is 8.78 Å². The van der Waals surface area contributed by atoms with Crippen LogP contribution < -0.4 is 10.1 Å². The van der Waals surface area contributed by atoms with Crippen molar-refractivity contribution in [3.63, 3.8) is 0 Å². The largest absolute Gasteiger partial charge is 0.435 e. The van der Waals surface area contributed by atoms with Gasteiger partial charge >= 0.3 is 6.61 Å². The van der Waals surface area contributed by atoms with Crippen LogP contribution in [0, 0.1) is 5.92 Å². The average Bonchev–Trinajstić information content (AvgIpc) is 2.48. The monoisotopic (exact) mass is 361 g/mol. The van der Waals surface area contributed by atoms with E-state index in [0.29, 0.717) is 11.5 Å². The molecule has 1 saturated carbocycles. The van der Waals surface area contributed by atoms with Gasteiger partial charge in [0.05, 0.1) is 0 Å². The molecule has 0 heterocycles. The summed E-state index contributed by atoms with van der Waals surface area (Å²) in [5.41, 5.74) is 0.454. The summed E-state index contributed by atoms with van der Waals surface area (Å²) in [4.78, 5) is 12.2. The summed E-state index contributed by atoms with van der Waals surface area (Å²) in [7, 11) is 0. The van der Waals surface area contributed by atoms with Crippen LogP contribution in [0.1, 0.15) is 36.0 Å². The Labute approximate surface area is 131 Å². The maximum atomic E-state index is 12.2. The van der Waals surface area contributed by atoms with E-state index in [4.69, 9.17) is 0 Å². The number of ether oxygens (including phenoxy) is 1. The molecule has 0 radical (unpaired) electrons. The predicted molar refractivity (Wildman–Crippen MR) is 80.1 cm³/mol. The molecule has 2 unspecified atom stereocenters. The Morgan fingerprint density at radius 2 is 1.95 bits per heavy atom. The number of rotatable bonds is 5. The average molecular weight is 362 g/mol. The second-order valence-corrected chi connectivity index (χ2v) is 5.83. The van der Waals surface area contributed by atoms with Crippen LogP contribution in [-0.4, -0.2) is 23.9 Å². The van der Waals surface area contributed by atoms with Crippen molar-refractivity contribution in [2.75, 3.05) is 5.33 Å². The van der Waals surface area contributed by atoms with Gasteiger partial charge in [0.1, 0.15) is 5.75 Å². The molecule has 1 aromatic rings. The number of benzene rings is 1. The van der Waals surface area contributed by atoms with Crippen LogP contribution >= 0.6 is 15.9 Å². The standard InChI is InChI=1S/C15H18BrF2NO2/c16-9-11-3-1-2-4-13(11)19-14(20)10-5-7-12(8-6-10)21-15(17)18/h5-8,11,13,15H,1-4,9H2,(H,19,20). The van der Waals surface area contributed by atoms with Gasteiger partial charge in [0.2, 0.25) is 0 Å². The molecule has 1 aromatic carbocycles. The Morgan fingerprint density at radius 1 is 1.29 bits per heavy atom. The maximum absolute atomic E-state index is 12.2. The van der Waals surface area contributed by atoms with Gasteiger partial charge in [0, 0.05) is 16.9 Å². The van der Waals surface area contributed by atoms with Gasteiger partial charge in [-0.25, -0.2) is 0 Å². The fourth-order valence-corrected chi connectivity index (χ4v) is 3.40. The highest BCUT2D eigenvalue weighted by molar-refractivity contribution is 9.09. The van der Waals surface area contributed by atoms with Gasteiger partial charge in [-0.05, 0) is 43.0 Å². The van der Waals surface area contributed by atoms with Crippen molar-refractivity contribution in [2.24, 2.45) is 5.92 Å². The van der Waals surface area contributed by atoms with Crippen molar-refractivity contribution in [2.45, 2.75) is 38.3 Å². The van der Waals surface area contributed by atoms with E-state index >= 15 is 0 Å². The van der Waals surface area contributed by atoms with Crippen molar-refractivity contribution in [1.29, 1.82) is 0 Å². The van der Waals surface area contributed by atoms with Crippen LogP contribution in [0.3, 0.4) is 0 Å². The summed E-state index contributed by atoms with van der Waals surface area (Å²) in [6.07, 6.45) is 4.41. The zero-order chi connectivity index (χ0) is 15.2. The predicted octanol–water partition coefficient (Wildman–Crippen LogP) is 3.97. The fraction of sp³-hybridized carbons (Fsp3) is 0.533. The molecule has 0 spiro atoms. The minimum atomic E-state index is -2.85. The number of halogens is 3. The van der Waals surface area contributed by atoms with Gasteiger partial charge in [-0.15, -0.1) is 0 Å². The van der Waals surface area contributed by atoms with Crippen molar-refractivity contribution in [3.05, 3.63) is 29.8 Å². The molecule has 0 aromatic heterocycles. The summed E-state index contributed by atoms with van der Waals surface area (Å²) in [6, 6.07) is 5.92. The third kappa shape index (κ3) is 4.66. The molecule has 3 nitrogen and oxygen atoms in total. The molecule has 1 amide bonds. The van der Waals surface area contributed by atoms with E-state index in [0.717, 1.165) is 24.6 Å². The smallest absolute Gasteiger partial charge is 0.387 e. The lowest BCUT2D eigenvalue weighted by atomic mass is 9.86. The summed E-state index contributed by atoms with van der Waals surface area (Å²) in [5, 5.41) is 3.91. The Morgan fingerprint density at radius 3 is 2.57 bits per heavy atom. The second-order valence-electron chi connectivity index (χ2n) is 5.18. The molecular weight excluding hydrogens is 344 g/mol. The first-order valence-electron chi connectivity index (χ1n) is 7.02. The first-order valence-corrected chi connectivity index (χ1v) is 8.14. The van der Waals surface area contributed by atoms with Gasteiger partial charge in [0.15, 0.2) is 0 Å². The SMILES string of the molecule is O=C(NC1CCCCC1CBr)c1ccc(OC(F)F)cc1. The highest BCUT2D eigenvalue weighted by Gasteiger charge is 2.25. The van der Waals surface area contributed by atoms with E-state index in [1.54, 1.807) is 0 Å². The van der Waals surface area contributed by atoms with Crippen LogP contribution in [0.2, 0.25) is 0 Å². The summed E-state index contributed by atoms with van der Waals surface area (Å²) >= 11 is 3.49. The topological polar surface area (TPSA) is 38.3 Å². The van der Waals surface area contributed by atoms with Crippen LogP contribution in [0.15, 0.2) is 24.3 Å². The van der Waals surface area contributed by atoms with Crippen molar-refractivity contribution in [1.82, 2.24) is 5.32 Å². The minimum absolute atomic E-state index is 0.0533. The number of carbonyl (C=O) groups is 1. The minimum Gasteiger partial charge on any atom is -0.435 e. The molecule has 2 atom stereocenters. The molecule has 1 aliphatic rings. The van der Waals surface area contributed by atoms with E-state index in [2.05, 4.69) is 26.0 Å². The number of amides is 1. The molecule has 2 rings (SSSR count). The third-order valence-electron chi connectivity index (χ3n) is 3.77. The lowest BCUT2D eigenvalue weighted by Gasteiger charge is -2.31. The Bertz CT molecular complexity index is 467. The highest BCUT2D eigenvalue weighted by Crippen LogP contribution is 2.26. The van der Waals surface area contributed by atoms with E-state index in [1.165, 1.54) is 30.7 Å². The van der Waals surface area contributed by atoms with Crippen molar-refractivity contribution < 1.29 is 18.3 Å². The number of carbonyl (C=O) groups excluding carboxylic acids is 1. The molecular formula is C15H18BrF2NO2. The Hall–Kier alpha value is -1.17. The van der Waals surface area contributed by atoms with Gasteiger partial charge in [0.25, 0.3) is 5.91 Å². The molecule has 116 valence electrons. The summed E-state index contributed by atoms with van der Waals surface area (Å²) in [5.74, 6) is 0.332. The zero-order valence-electron chi connectivity index (χ0n) is 11.5. The number of hydrogen-bond donors (Lipinski definition) is 1. The number of hydrogen-bond acceptors (Lipinski definition) is 2. The Kier molecular flexibility index (Phi) is 5.96. The first kappa shape index (κ1) is 16.2. The fourth-order valence-electron chi connectivity index (χ4n) is 2.62. The quantitative estimate of drug-likeness (QED) is 0.805. The lowest BCUT2D eigenvalue weighted by Crippen LogP contribution is -2.42. The van der Waals surface area contributed by atoms with E-state index < -0.39 is 6.61 Å². The van der Waals surface area contributed by atoms with Crippen LogP contribution in [0.5, 0.6) is 5.75 Å². The normalized spacial score (nSPS) is 22.1. The van der Waals surface area contributed by atoms with E-state index in [9.17, 15) is 13.6 Å². The zero-order valence-corrected chi connectivity index (χ0v) is 13.1. The molecule has 0 bridgehead atoms. The van der Waals surface area contributed by atoms with Gasteiger partial charge in [-0.3, -0.25) is 4.79 Å². The molecule has 1 fully saturated rings. The summed E-state index contributed by atoms with van der Waals surface area (Å²) < 4.78 is 28.4. The van der Waals surface area contributed by atoms with Gasteiger partial charge < -0.3 is 10.1 Å². The molecule has 0 aliphatic heterocycles. The van der Waals surface area contributed by atoms with Crippen LogP contribution in [0.25, 0.3) is 0 Å². The maximum Gasteiger partial charge on any atom is 0.387 e.